The van der Waals surface area contributed by atoms with Crippen molar-refractivity contribution in [1.29, 1.82) is 0 Å². The molecule has 6 heteroatoms. The zero-order valence-electron chi connectivity index (χ0n) is 12.6. The van der Waals surface area contributed by atoms with Gasteiger partial charge in [-0.3, -0.25) is 9.58 Å². The van der Waals surface area contributed by atoms with Gasteiger partial charge in [0.2, 0.25) is 0 Å². The zero-order chi connectivity index (χ0) is 14.5. The number of thiazole rings is 1. The molecule has 3 rings (SSSR count). The first-order chi connectivity index (χ1) is 10.3. The Kier molecular flexibility index (Phi) is 4.98. The van der Waals surface area contributed by atoms with Crippen LogP contribution in [0.4, 0.5) is 0 Å². The van der Waals surface area contributed by atoms with Crippen molar-refractivity contribution in [3.8, 4) is 0 Å². The number of likely N-dealkylation sites (tertiary alicyclic amines) is 1. The summed E-state index contributed by atoms with van der Waals surface area (Å²) in [6.45, 7) is 5.28. The number of hydrogen-bond donors (Lipinski definition) is 0. The third-order valence-corrected chi connectivity index (χ3v) is 5.00. The van der Waals surface area contributed by atoms with Crippen LogP contribution in [0.25, 0.3) is 0 Å². The molecule has 3 heterocycles. The number of hydrogen-bond acceptors (Lipinski definition) is 5. The van der Waals surface area contributed by atoms with E-state index in [1.165, 1.54) is 42.9 Å². The lowest BCUT2D eigenvalue weighted by Crippen LogP contribution is -2.41. The van der Waals surface area contributed by atoms with Gasteiger partial charge in [0.1, 0.15) is 12.7 Å². The fourth-order valence-corrected chi connectivity index (χ4v) is 3.87. The first-order valence-corrected chi connectivity index (χ1v) is 8.73. The SMILES string of the molecule is CCCc1nc(CN2CCCC[C@@H]2Cn2cncn2)cs1. The molecule has 0 spiro atoms. The van der Waals surface area contributed by atoms with E-state index in [0.29, 0.717) is 6.04 Å². The van der Waals surface area contributed by atoms with E-state index in [9.17, 15) is 0 Å². The predicted octanol–water partition coefficient (Wildman–Crippen LogP) is 2.74. The number of aromatic nitrogens is 4. The molecule has 0 saturated carbocycles. The van der Waals surface area contributed by atoms with Gasteiger partial charge in [-0.2, -0.15) is 5.10 Å². The maximum Gasteiger partial charge on any atom is 0.137 e. The second-order valence-electron chi connectivity index (χ2n) is 5.72. The summed E-state index contributed by atoms with van der Waals surface area (Å²) in [4.78, 5) is 11.4. The lowest BCUT2D eigenvalue weighted by Gasteiger charge is -2.35. The lowest BCUT2D eigenvalue weighted by atomic mass is 10.0. The zero-order valence-corrected chi connectivity index (χ0v) is 13.4. The highest BCUT2D eigenvalue weighted by molar-refractivity contribution is 7.09. The molecule has 0 bridgehead atoms. The molecule has 2 aromatic heterocycles. The van der Waals surface area contributed by atoms with Crippen molar-refractivity contribution >= 4 is 11.3 Å². The van der Waals surface area contributed by atoms with Crippen molar-refractivity contribution in [1.82, 2.24) is 24.6 Å². The summed E-state index contributed by atoms with van der Waals surface area (Å²) in [7, 11) is 0. The molecule has 2 aromatic rings. The van der Waals surface area contributed by atoms with Crippen LogP contribution in [0, 0.1) is 0 Å². The number of nitrogens with zero attached hydrogens (tertiary/aromatic N) is 5. The molecule has 1 aliphatic heterocycles. The van der Waals surface area contributed by atoms with E-state index in [1.54, 1.807) is 17.7 Å². The van der Waals surface area contributed by atoms with E-state index in [4.69, 9.17) is 4.98 Å². The molecule has 0 radical (unpaired) electrons. The molecule has 0 aromatic carbocycles. The molecule has 21 heavy (non-hydrogen) atoms. The van der Waals surface area contributed by atoms with Gasteiger partial charge in [-0.15, -0.1) is 11.3 Å². The average molecular weight is 305 g/mol. The molecule has 0 unspecified atom stereocenters. The molecule has 1 atom stereocenters. The van der Waals surface area contributed by atoms with Crippen LogP contribution in [0.2, 0.25) is 0 Å². The van der Waals surface area contributed by atoms with Gasteiger partial charge in [0.25, 0.3) is 0 Å². The smallest absolute Gasteiger partial charge is 0.137 e. The summed E-state index contributed by atoms with van der Waals surface area (Å²) in [6.07, 6.45) is 9.55. The molecule has 0 aliphatic carbocycles. The van der Waals surface area contributed by atoms with E-state index in [1.807, 2.05) is 11.0 Å². The molecule has 114 valence electrons. The standard InChI is InChI=1S/C15H23N5S/c1-2-5-15-18-13(10-21-15)8-19-7-4-3-6-14(19)9-20-12-16-11-17-20/h10-12,14H,2-9H2,1H3/t14-/m1/s1. The normalized spacial score (nSPS) is 20.0. The van der Waals surface area contributed by atoms with E-state index in [-0.39, 0.29) is 0 Å². The topological polar surface area (TPSA) is 46.8 Å². The highest BCUT2D eigenvalue weighted by Gasteiger charge is 2.23. The Bertz CT molecular complexity index is 536. The fraction of sp³-hybridized carbons (Fsp3) is 0.667. The number of piperidine rings is 1. The molecular formula is C15H23N5S. The molecule has 0 amide bonds. The van der Waals surface area contributed by atoms with Gasteiger partial charge in [0.05, 0.1) is 17.2 Å². The average Bonchev–Trinajstić information content (AvgIpc) is 3.14. The van der Waals surface area contributed by atoms with Crippen LogP contribution >= 0.6 is 11.3 Å². The first-order valence-electron chi connectivity index (χ1n) is 7.85. The summed E-state index contributed by atoms with van der Waals surface area (Å²) >= 11 is 1.80. The van der Waals surface area contributed by atoms with Gasteiger partial charge in [-0.1, -0.05) is 13.3 Å². The lowest BCUT2D eigenvalue weighted by molar-refractivity contribution is 0.120. The summed E-state index contributed by atoms with van der Waals surface area (Å²) in [5.41, 5.74) is 1.23. The van der Waals surface area contributed by atoms with E-state index < -0.39 is 0 Å². The van der Waals surface area contributed by atoms with Crippen molar-refractivity contribution in [2.75, 3.05) is 6.54 Å². The quantitative estimate of drug-likeness (QED) is 0.823. The molecule has 5 nitrogen and oxygen atoms in total. The Balaban J connectivity index is 1.63. The Morgan fingerprint density at radius 1 is 1.38 bits per heavy atom. The van der Waals surface area contributed by atoms with Crippen LogP contribution in [0.3, 0.4) is 0 Å². The summed E-state index contributed by atoms with van der Waals surface area (Å²) in [6, 6.07) is 0.553. The van der Waals surface area contributed by atoms with Crippen LogP contribution in [0.5, 0.6) is 0 Å². The predicted molar refractivity (Wildman–Crippen MR) is 84.2 cm³/mol. The minimum Gasteiger partial charge on any atom is -0.293 e. The summed E-state index contributed by atoms with van der Waals surface area (Å²) in [5, 5.41) is 7.75. The number of rotatable bonds is 6. The van der Waals surface area contributed by atoms with Gasteiger partial charge in [-0.05, 0) is 32.2 Å². The third kappa shape index (κ3) is 3.89. The van der Waals surface area contributed by atoms with E-state index in [2.05, 4.69) is 27.3 Å². The first kappa shape index (κ1) is 14.7. The molecule has 0 N–H and O–H groups in total. The van der Waals surface area contributed by atoms with Crippen LogP contribution < -0.4 is 0 Å². The molecule has 1 fully saturated rings. The Labute approximate surface area is 130 Å². The maximum absolute atomic E-state index is 4.77. The largest absolute Gasteiger partial charge is 0.293 e. The van der Waals surface area contributed by atoms with Crippen molar-refractivity contribution < 1.29 is 0 Å². The van der Waals surface area contributed by atoms with Gasteiger partial charge in [0, 0.05) is 18.0 Å². The second-order valence-corrected chi connectivity index (χ2v) is 6.66. The highest BCUT2D eigenvalue weighted by atomic mass is 32.1. The minimum atomic E-state index is 0.553. The summed E-state index contributed by atoms with van der Waals surface area (Å²) in [5.74, 6) is 0. The van der Waals surface area contributed by atoms with Crippen LogP contribution in [-0.4, -0.2) is 37.2 Å². The highest BCUT2D eigenvalue weighted by Crippen LogP contribution is 2.22. The van der Waals surface area contributed by atoms with E-state index >= 15 is 0 Å². The van der Waals surface area contributed by atoms with Gasteiger partial charge < -0.3 is 0 Å². The molecular weight excluding hydrogens is 282 g/mol. The minimum absolute atomic E-state index is 0.553. The van der Waals surface area contributed by atoms with Gasteiger partial charge >= 0.3 is 0 Å². The van der Waals surface area contributed by atoms with Crippen LogP contribution in [-0.2, 0) is 19.5 Å². The molecule has 1 aliphatic rings. The number of aryl methyl sites for hydroxylation is 1. The third-order valence-electron chi connectivity index (χ3n) is 4.04. The van der Waals surface area contributed by atoms with Crippen molar-refractivity contribution in [2.45, 2.75) is 58.2 Å². The Morgan fingerprint density at radius 2 is 2.33 bits per heavy atom. The van der Waals surface area contributed by atoms with Gasteiger partial charge in [0.15, 0.2) is 0 Å². The van der Waals surface area contributed by atoms with Crippen molar-refractivity contribution in [3.05, 3.63) is 28.7 Å². The fourth-order valence-electron chi connectivity index (χ4n) is 2.98. The summed E-state index contributed by atoms with van der Waals surface area (Å²) < 4.78 is 1.95. The van der Waals surface area contributed by atoms with Crippen LogP contribution in [0.1, 0.15) is 43.3 Å². The maximum atomic E-state index is 4.77. The Morgan fingerprint density at radius 3 is 3.14 bits per heavy atom. The van der Waals surface area contributed by atoms with Crippen molar-refractivity contribution in [2.24, 2.45) is 0 Å². The monoisotopic (exact) mass is 305 g/mol. The van der Waals surface area contributed by atoms with Crippen LogP contribution in [0.15, 0.2) is 18.0 Å². The van der Waals surface area contributed by atoms with E-state index in [0.717, 1.165) is 19.5 Å². The second kappa shape index (κ2) is 7.13. The Hall–Kier alpha value is -1.27. The van der Waals surface area contributed by atoms with Gasteiger partial charge in [-0.25, -0.2) is 9.97 Å². The molecule has 1 saturated heterocycles. The van der Waals surface area contributed by atoms with Crippen molar-refractivity contribution in [3.63, 3.8) is 0 Å².